The van der Waals surface area contributed by atoms with Gasteiger partial charge in [-0.1, -0.05) is 12.1 Å². The van der Waals surface area contributed by atoms with Crippen molar-refractivity contribution in [3.8, 4) is 0 Å². The smallest absolute Gasteiger partial charge is 0.252 e. The van der Waals surface area contributed by atoms with Crippen molar-refractivity contribution >= 4 is 5.91 Å². The molecule has 0 atom stereocenters. The van der Waals surface area contributed by atoms with Gasteiger partial charge < -0.3 is 15.1 Å². The van der Waals surface area contributed by atoms with Crippen LogP contribution in [0.5, 0.6) is 0 Å². The molecule has 0 radical (unpaired) electrons. The lowest BCUT2D eigenvalue weighted by atomic mass is 9.95. The number of hydrogen-bond donors (Lipinski definition) is 2. The molecule has 0 bridgehead atoms. The molecular formula is C16H19N3O2. The van der Waals surface area contributed by atoms with Crippen molar-refractivity contribution in [2.45, 2.75) is 33.4 Å². The van der Waals surface area contributed by atoms with Crippen LogP contribution in [0.4, 0.5) is 0 Å². The molecule has 110 valence electrons. The van der Waals surface area contributed by atoms with Crippen molar-refractivity contribution in [2.24, 2.45) is 0 Å². The standard InChI is InChI=1S/C16H19N3O2/c1-10-11(2)21-15(19-10)9-18-16(20)14-5-3-4-12-8-17-7-6-13(12)14/h3-5,17H,6-9H2,1-2H3,(H,18,20). The van der Waals surface area contributed by atoms with E-state index in [1.54, 1.807) is 0 Å². The van der Waals surface area contributed by atoms with Gasteiger partial charge in [0.2, 0.25) is 5.89 Å². The Kier molecular flexibility index (Phi) is 3.75. The Morgan fingerprint density at radius 3 is 3.05 bits per heavy atom. The van der Waals surface area contributed by atoms with E-state index in [1.807, 2.05) is 26.0 Å². The lowest BCUT2D eigenvalue weighted by molar-refractivity contribution is 0.0946. The minimum Gasteiger partial charge on any atom is -0.444 e. The number of fused-ring (bicyclic) bond motifs is 1. The zero-order chi connectivity index (χ0) is 14.8. The van der Waals surface area contributed by atoms with Crippen molar-refractivity contribution in [1.29, 1.82) is 0 Å². The third-order valence-corrected chi connectivity index (χ3v) is 3.86. The number of benzene rings is 1. The summed E-state index contributed by atoms with van der Waals surface area (Å²) in [5.41, 5.74) is 3.97. The summed E-state index contributed by atoms with van der Waals surface area (Å²) >= 11 is 0. The summed E-state index contributed by atoms with van der Waals surface area (Å²) in [6.07, 6.45) is 0.885. The zero-order valence-corrected chi connectivity index (χ0v) is 12.3. The second-order valence-corrected chi connectivity index (χ2v) is 5.30. The van der Waals surface area contributed by atoms with E-state index in [-0.39, 0.29) is 5.91 Å². The van der Waals surface area contributed by atoms with E-state index in [0.29, 0.717) is 12.4 Å². The van der Waals surface area contributed by atoms with Gasteiger partial charge in [-0.2, -0.15) is 0 Å². The Bertz CT molecular complexity index is 657. The summed E-state index contributed by atoms with van der Waals surface area (Å²) in [6, 6.07) is 5.88. The van der Waals surface area contributed by atoms with Crippen LogP contribution in [0, 0.1) is 13.8 Å². The van der Waals surface area contributed by atoms with Crippen molar-refractivity contribution < 1.29 is 9.21 Å². The van der Waals surface area contributed by atoms with Crippen LogP contribution < -0.4 is 10.6 Å². The number of carbonyl (C=O) groups is 1. The molecule has 0 saturated carbocycles. The first-order valence-electron chi connectivity index (χ1n) is 7.17. The van der Waals surface area contributed by atoms with E-state index in [2.05, 4.69) is 21.7 Å². The van der Waals surface area contributed by atoms with Gasteiger partial charge >= 0.3 is 0 Å². The van der Waals surface area contributed by atoms with Crippen LogP contribution in [0.1, 0.15) is 38.8 Å². The molecule has 2 heterocycles. The zero-order valence-electron chi connectivity index (χ0n) is 12.3. The van der Waals surface area contributed by atoms with Crippen molar-refractivity contribution in [2.75, 3.05) is 6.54 Å². The van der Waals surface area contributed by atoms with Crippen molar-refractivity contribution in [3.05, 3.63) is 52.2 Å². The third-order valence-electron chi connectivity index (χ3n) is 3.86. The maximum Gasteiger partial charge on any atom is 0.252 e. The second-order valence-electron chi connectivity index (χ2n) is 5.30. The van der Waals surface area contributed by atoms with Gasteiger partial charge in [-0.15, -0.1) is 0 Å². The minimum absolute atomic E-state index is 0.0674. The number of nitrogens with zero attached hydrogens (tertiary/aromatic N) is 1. The molecule has 0 aliphatic carbocycles. The van der Waals surface area contributed by atoms with Gasteiger partial charge in [0.1, 0.15) is 5.76 Å². The first-order chi connectivity index (χ1) is 10.1. The van der Waals surface area contributed by atoms with E-state index in [9.17, 15) is 4.79 Å². The first-order valence-corrected chi connectivity index (χ1v) is 7.17. The fraction of sp³-hybridized carbons (Fsp3) is 0.375. The Morgan fingerprint density at radius 2 is 2.29 bits per heavy atom. The highest BCUT2D eigenvalue weighted by atomic mass is 16.4. The molecule has 0 unspecified atom stereocenters. The number of hydrogen-bond acceptors (Lipinski definition) is 4. The predicted octanol–water partition coefficient (Wildman–Crippen LogP) is 1.87. The SMILES string of the molecule is Cc1nc(CNC(=O)c2cccc3c2CCNC3)oc1C. The highest BCUT2D eigenvalue weighted by molar-refractivity contribution is 5.96. The van der Waals surface area contributed by atoms with Crippen molar-refractivity contribution in [1.82, 2.24) is 15.6 Å². The Labute approximate surface area is 123 Å². The van der Waals surface area contributed by atoms with Gasteiger partial charge in [0.25, 0.3) is 5.91 Å². The highest BCUT2D eigenvalue weighted by Gasteiger charge is 2.17. The van der Waals surface area contributed by atoms with E-state index in [0.717, 1.165) is 42.1 Å². The normalized spacial score (nSPS) is 13.8. The number of rotatable bonds is 3. The average Bonchev–Trinajstić information content (AvgIpc) is 2.83. The number of aromatic nitrogens is 1. The van der Waals surface area contributed by atoms with Crippen LogP contribution in [0.25, 0.3) is 0 Å². The van der Waals surface area contributed by atoms with Crippen LogP contribution in [0.3, 0.4) is 0 Å². The molecule has 1 aliphatic rings. The molecular weight excluding hydrogens is 266 g/mol. The predicted molar refractivity (Wildman–Crippen MR) is 79.0 cm³/mol. The minimum atomic E-state index is -0.0674. The lowest BCUT2D eigenvalue weighted by Crippen LogP contribution is -2.29. The topological polar surface area (TPSA) is 67.2 Å². The quantitative estimate of drug-likeness (QED) is 0.903. The van der Waals surface area contributed by atoms with E-state index in [1.165, 1.54) is 5.56 Å². The largest absolute Gasteiger partial charge is 0.444 e. The average molecular weight is 285 g/mol. The molecule has 0 spiro atoms. The summed E-state index contributed by atoms with van der Waals surface area (Å²) in [7, 11) is 0. The summed E-state index contributed by atoms with van der Waals surface area (Å²) in [4.78, 5) is 16.7. The van der Waals surface area contributed by atoms with Gasteiger partial charge in [0, 0.05) is 12.1 Å². The molecule has 3 rings (SSSR count). The third kappa shape index (κ3) is 2.83. The number of nitrogens with one attached hydrogen (secondary N) is 2. The molecule has 1 aromatic carbocycles. The number of amides is 1. The Morgan fingerprint density at radius 1 is 1.43 bits per heavy atom. The maximum atomic E-state index is 12.4. The summed E-state index contributed by atoms with van der Waals surface area (Å²) in [6.45, 7) is 5.82. The van der Waals surface area contributed by atoms with Gasteiger partial charge in [-0.3, -0.25) is 4.79 Å². The van der Waals surface area contributed by atoms with Crippen LogP contribution in [0.2, 0.25) is 0 Å². The first kappa shape index (κ1) is 13.8. The molecule has 1 aromatic heterocycles. The molecule has 5 nitrogen and oxygen atoms in total. The van der Waals surface area contributed by atoms with Crippen LogP contribution in [-0.4, -0.2) is 17.4 Å². The van der Waals surface area contributed by atoms with Crippen LogP contribution in [-0.2, 0) is 19.5 Å². The number of carbonyl (C=O) groups excluding carboxylic acids is 1. The molecule has 5 heteroatoms. The highest BCUT2D eigenvalue weighted by Crippen LogP contribution is 2.18. The molecule has 21 heavy (non-hydrogen) atoms. The summed E-state index contributed by atoms with van der Waals surface area (Å²) < 4.78 is 5.48. The van der Waals surface area contributed by atoms with Gasteiger partial charge in [0.15, 0.2) is 0 Å². The molecule has 2 N–H and O–H groups in total. The molecule has 0 fully saturated rings. The monoisotopic (exact) mass is 285 g/mol. The van der Waals surface area contributed by atoms with Gasteiger partial charge in [0.05, 0.1) is 12.2 Å². The van der Waals surface area contributed by atoms with Crippen LogP contribution in [0.15, 0.2) is 22.6 Å². The maximum absolute atomic E-state index is 12.4. The van der Waals surface area contributed by atoms with Crippen molar-refractivity contribution in [3.63, 3.8) is 0 Å². The second kappa shape index (κ2) is 5.69. The molecule has 1 amide bonds. The lowest BCUT2D eigenvalue weighted by Gasteiger charge is -2.19. The molecule has 2 aromatic rings. The molecule has 0 saturated heterocycles. The Hall–Kier alpha value is -2.14. The van der Waals surface area contributed by atoms with E-state index < -0.39 is 0 Å². The Balaban J connectivity index is 1.74. The molecule has 1 aliphatic heterocycles. The van der Waals surface area contributed by atoms with E-state index >= 15 is 0 Å². The summed E-state index contributed by atoms with van der Waals surface area (Å²) in [5.74, 6) is 1.27. The fourth-order valence-corrected chi connectivity index (χ4v) is 2.61. The number of aryl methyl sites for hydroxylation is 2. The number of oxazole rings is 1. The van der Waals surface area contributed by atoms with E-state index in [4.69, 9.17) is 4.42 Å². The van der Waals surface area contributed by atoms with Gasteiger partial charge in [-0.25, -0.2) is 4.98 Å². The van der Waals surface area contributed by atoms with Crippen LogP contribution >= 0.6 is 0 Å². The van der Waals surface area contributed by atoms with Gasteiger partial charge in [-0.05, 0) is 44.0 Å². The summed E-state index contributed by atoms with van der Waals surface area (Å²) in [5, 5.41) is 6.21. The fourth-order valence-electron chi connectivity index (χ4n) is 2.61.